The second kappa shape index (κ2) is 10.9. The van der Waals surface area contributed by atoms with Gasteiger partial charge in [0.1, 0.15) is 12.4 Å². The topological polar surface area (TPSA) is 46.5 Å². The van der Waals surface area contributed by atoms with Crippen molar-refractivity contribution in [2.24, 2.45) is 0 Å². The molecular formula is C20H25Cl3O3. The van der Waals surface area contributed by atoms with Crippen LogP contribution in [0.1, 0.15) is 56.0 Å². The first-order valence-electron chi connectivity index (χ1n) is 8.49. The highest BCUT2D eigenvalue weighted by molar-refractivity contribution is 6.67. The minimum absolute atomic E-state index is 0.323. The number of aromatic carboxylic acids is 1. The summed E-state index contributed by atoms with van der Waals surface area (Å²) in [7, 11) is 0. The molecule has 0 saturated carbocycles. The number of hydrogen-bond acceptors (Lipinski definition) is 2. The van der Waals surface area contributed by atoms with Gasteiger partial charge in [-0.05, 0) is 62.9 Å². The number of carbonyl (C=O) groups is 1. The van der Waals surface area contributed by atoms with Gasteiger partial charge in [-0.15, -0.1) is 0 Å². The molecule has 0 aliphatic heterocycles. The van der Waals surface area contributed by atoms with Crippen molar-refractivity contribution >= 4 is 40.8 Å². The Kier molecular flexibility index (Phi) is 9.56. The lowest BCUT2D eigenvalue weighted by Crippen LogP contribution is -2.03. The molecular weight excluding hydrogens is 395 g/mol. The van der Waals surface area contributed by atoms with Crippen molar-refractivity contribution in [2.45, 2.75) is 50.2 Å². The zero-order valence-corrected chi connectivity index (χ0v) is 17.6. The van der Waals surface area contributed by atoms with Gasteiger partial charge in [0.2, 0.25) is 0 Å². The lowest BCUT2D eigenvalue weighted by Gasteiger charge is -2.10. The van der Waals surface area contributed by atoms with Gasteiger partial charge >= 0.3 is 5.97 Å². The van der Waals surface area contributed by atoms with Crippen molar-refractivity contribution in [1.82, 2.24) is 0 Å². The number of allylic oxidation sites excluding steroid dienone is 3. The van der Waals surface area contributed by atoms with Gasteiger partial charge < -0.3 is 9.84 Å². The lowest BCUT2D eigenvalue weighted by molar-refractivity contribution is 0.0695. The van der Waals surface area contributed by atoms with Crippen LogP contribution >= 0.6 is 34.8 Å². The molecule has 6 heteroatoms. The first-order valence-corrected chi connectivity index (χ1v) is 9.62. The Bertz CT molecular complexity index is 673. The predicted octanol–water partition coefficient (Wildman–Crippen LogP) is 6.76. The van der Waals surface area contributed by atoms with Crippen LogP contribution in [0.4, 0.5) is 0 Å². The number of aryl methyl sites for hydroxylation is 1. The summed E-state index contributed by atoms with van der Waals surface area (Å²) in [5.74, 6) is -0.239. The van der Waals surface area contributed by atoms with Crippen LogP contribution in [0, 0.1) is 0 Å². The van der Waals surface area contributed by atoms with E-state index in [1.165, 1.54) is 5.57 Å². The molecule has 0 spiro atoms. The van der Waals surface area contributed by atoms with Gasteiger partial charge in [-0.2, -0.15) is 0 Å². The Balaban J connectivity index is 2.50. The predicted molar refractivity (Wildman–Crippen MR) is 110 cm³/mol. The highest BCUT2D eigenvalue weighted by Crippen LogP contribution is 2.33. The van der Waals surface area contributed by atoms with E-state index in [0.717, 1.165) is 24.0 Å². The van der Waals surface area contributed by atoms with Gasteiger partial charge in [0, 0.05) is 6.42 Å². The largest absolute Gasteiger partial charge is 0.490 e. The van der Waals surface area contributed by atoms with E-state index in [0.29, 0.717) is 30.8 Å². The van der Waals surface area contributed by atoms with Gasteiger partial charge in [-0.3, -0.25) is 0 Å². The quantitative estimate of drug-likeness (QED) is 0.355. The van der Waals surface area contributed by atoms with Gasteiger partial charge in [0.25, 0.3) is 0 Å². The molecule has 0 aliphatic rings. The summed E-state index contributed by atoms with van der Waals surface area (Å²) in [6.07, 6.45) is 6.96. The first kappa shape index (κ1) is 22.9. The molecule has 1 N–H and O–H groups in total. The van der Waals surface area contributed by atoms with Crippen molar-refractivity contribution in [3.63, 3.8) is 0 Å². The van der Waals surface area contributed by atoms with E-state index in [-0.39, 0.29) is 0 Å². The Morgan fingerprint density at radius 1 is 1.19 bits per heavy atom. The molecule has 3 nitrogen and oxygen atoms in total. The molecule has 0 aliphatic carbocycles. The minimum atomic E-state index is -1.24. The van der Waals surface area contributed by atoms with Gasteiger partial charge in [-0.25, -0.2) is 4.79 Å². The van der Waals surface area contributed by atoms with Crippen LogP contribution in [0.2, 0.25) is 0 Å². The number of ether oxygens (including phenoxy) is 1. The molecule has 0 unspecified atom stereocenters. The van der Waals surface area contributed by atoms with Crippen LogP contribution in [0.5, 0.6) is 5.75 Å². The number of alkyl halides is 3. The number of carboxylic acids is 1. The standard InChI is InChI=1S/C20H25Cl3O3/c1-4-16-12-17(8-9-18(16)19(24)25)26-11-10-14(2)6-5-7-15(3)13-20(21,22)23/h7-10,12H,4-6,11,13H2,1-3H3,(H,24,25). The zero-order valence-electron chi connectivity index (χ0n) is 15.3. The van der Waals surface area contributed by atoms with Crippen LogP contribution in [-0.4, -0.2) is 21.5 Å². The number of hydrogen-bond donors (Lipinski definition) is 1. The summed E-state index contributed by atoms with van der Waals surface area (Å²) in [5.41, 5.74) is 3.36. The van der Waals surface area contributed by atoms with Crippen LogP contribution in [0.15, 0.2) is 41.5 Å². The summed E-state index contributed by atoms with van der Waals surface area (Å²) in [4.78, 5) is 11.1. The molecule has 0 bridgehead atoms. The molecule has 144 valence electrons. The average molecular weight is 420 g/mol. The van der Waals surface area contributed by atoms with Gasteiger partial charge in [0.15, 0.2) is 3.79 Å². The van der Waals surface area contributed by atoms with Crippen molar-refractivity contribution in [3.05, 3.63) is 52.6 Å². The SMILES string of the molecule is CCc1cc(OCC=C(C)CCC=C(C)CC(Cl)(Cl)Cl)ccc1C(=O)O. The fraction of sp³-hybridized carbons (Fsp3) is 0.450. The molecule has 0 aromatic heterocycles. The third kappa shape index (κ3) is 8.98. The molecule has 0 amide bonds. The second-order valence-electron chi connectivity index (χ2n) is 6.22. The maximum Gasteiger partial charge on any atom is 0.335 e. The maximum atomic E-state index is 11.1. The third-order valence-corrected chi connectivity index (χ3v) is 4.28. The summed E-state index contributed by atoms with van der Waals surface area (Å²) in [6, 6.07) is 5.06. The first-order chi connectivity index (χ1) is 12.1. The van der Waals surface area contributed by atoms with E-state index >= 15 is 0 Å². The van der Waals surface area contributed by atoms with E-state index in [4.69, 9.17) is 44.6 Å². The maximum absolute atomic E-state index is 11.1. The van der Waals surface area contributed by atoms with Crippen molar-refractivity contribution in [1.29, 1.82) is 0 Å². The van der Waals surface area contributed by atoms with E-state index in [2.05, 4.69) is 6.08 Å². The summed E-state index contributed by atoms with van der Waals surface area (Å²) < 4.78 is 4.47. The molecule has 1 rings (SSSR count). The van der Waals surface area contributed by atoms with Crippen molar-refractivity contribution in [2.75, 3.05) is 6.61 Å². The van der Waals surface area contributed by atoms with Crippen LogP contribution in [-0.2, 0) is 6.42 Å². The molecule has 1 aromatic rings. The Hall–Kier alpha value is -1.16. The fourth-order valence-corrected chi connectivity index (χ4v) is 3.11. The minimum Gasteiger partial charge on any atom is -0.490 e. The van der Waals surface area contributed by atoms with Crippen LogP contribution < -0.4 is 4.74 Å². The smallest absolute Gasteiger partial charge is 0.335 e. The molecule has 1 aromatic carbocycles. The van der Waals surface area contributed by atoms with Crippen LogP contribution in [0.3, 0.4) is 0 Å². The molecule has 0 atom stereocenters. The monoisotopic (exact) mass is 418 g/mol. The van der Waals surface area contributed by atoms with E-state index in [1.807, 2.05) is 26.8 Å². The Morgan fingerprint density at radius 3 is 2.46 bits per heavy atom. The summed E-state index contributed by atoms with van der Waals surface area (Å²) >= 11 is 17.3. The highest BCUT2D eigenvalue weighted by atomic mass is 35.6. The number of carboxylic acid groups (broad SMARTS) is 1. The Morgan fingerprint density at radius 2 is 1.88 bits per heavy atom. The third-order valence-electron chi connectivity index (χ3n) is 3.88. The molecule has 0 fully saturated rings. The van der Waals surface area contributed by atoms with Crippen molar-refractivity contribution in [3.8, 4) is 5.75 Å². The average Bonchev–Trinajstić information content (AvgIpc) is 2.52. The molecule has 26 heavy (non-hydrogen) atoms. The summed E-state index contributed by atoms with van der Waals surface area (Å²) in [5, 5.41) is 9.14. The van der Waals surface area contributed by atoms with E-state index in [9.17, 15) is 4.79 Å². The molecule has 0 radical (unpaired) electrons. The van der Waals surface area contributed by atoms with E-state index in [1.54, 1.807) is 18.2 Å². The molecule has 0 saturated heterocycles. The summed E-state index contributed by atoms with van der Waals surface area (Å²) in [6.45, 7) is 6.37. The number of benzene rings is 1. The van der Waals surface area contributed by atoms with Gasteiger partial charge in [0.05, 0.1) is 5.56 Å². The zero-order chi connectivity index (χ0) is 19.7. The number of halogens is 3. The molecule has 0 heterocycles. The van der Waals surface area contributed by atoms with Gasteiger partial charge in [-0.1, -0.05) is 58.9 Å². The Labute approximate surface area is 170 Å². The van der Waals surface area contributed by atoms with Crippen LogP contribution in [0.25, 0.3) is 0 Å². The lowest BCUT2D eigenvalue weighted by atomic mass is 10.1. The highest BCUT2D eigenvalue weighted by Gasteiger charge is 2.19. The normalized spacial score (nSPS) is 13.0. The number of rotatable bonds is 9. The second-order valence-corrected chi connectivity index (χ2v) is 8.74. The van der Waals surface area contributed by atoms with Crippen molar-refractivity contribution < 1.29 is 14.6 Å². The fourth-order valence-electron chi connectivity index (χ4n) is 2.48. The van der Waals surface area contributed by atoms with E-state index < -0.39 is 9.76 Å².